The molecular formula is C28H36N2O6. The summed E-state index contributed by atoms with van der Waals surface area (Å²) in [6.07, 6.45) is 7.48. The number of carboxylic acids is 1. The Hall–Kier alpha value is -2.71. The molecule has 3 aliphatic heterocycles. The van der Waals surface area contributed by atoms with Crippen molar-refractivity contribution in [2.24, 2.45) is 11.8 Å². The van der Waals surface area contributed by atoms with Crippen LogP contribution in [0.3, 0.4) is 0 Å². The highest BCUT2D eigenvalue weighted by Crippen LogP contribution is 2.59. The van der Waals surface area contributed by atoms with Gasteiger partial charge in [-0.3, -0.25) is 14.4 Å². The number of likely N-dealkylation sites (tertiary alicyclic amines) is 1. The molecule has 1 aromatic carbocycles. The zero-order chi connectivity index (χ0) is 25.4. The standard InChI is InChI=1S/C28H36N2O6/c1-2-15-29(19-11-7-4-8-12-19)26(33)24-28-14-13-21(36-28)22(27(34)35)23(28)25(32)30(24)20(17-31)16-18-9-5-3-6-10-18/h2-3,5-6,9-10,19-24,31H,1,4,7-8,11-17H2,(H,34,35)/t20-,21-,22+,23+,24-,28+/m1/s1. The number of carbonyl (C=O) groups is 3. The van der Waals surface area contributed by atoms with E-state index in [1.54, 1.807) is 6.08 Å². The fraction of sp³-hybridized carbons (Fsp3) is 0.607. The Morgan fingerprint density at radius 1 is 1.19 bits per heavy atom. The van der Waals surface area contributed by atoms with Crippen molar-refractivity contribution in [3.8, 4) is 0 Å². The van der Waals surface area contributed by atoms with Gasteiger partial charge in [0.25, 0.3) is 0 Å². The molecule has 2 N–H and O–H groups in total. The Labute approximate surface area is 211 Å². The lowest BCUT2D eigenvalue weighted by molar-refractivity contribution is -0.154. The number of amides is 2. The van der Waals surface area contributed by atoms with Crippen molar-refractivity contribution in [3.63, 3.8) is 0 Å². The maximum atomic E-state index is 14.4. The first kappa shape index (κ1) is 25.0. The van der Waals surface area contributed by atoms with E-state index < -0.39 is 41.6 Å². The molecule has 2 amide bonds. The van der Waals surface area contributed by atoms with Gasteiger partial charge in [0.15, 0.2) is 0 Å². The smallest absolute Gasteiger partial charge is 0.310 e. The van der Waals surface area contributed by atoms with Crippen LogP contribution in [0, 0.1) is 11.8 Å². The van der Waals surface area contributed by atoms with E-state index in [0.29, 0.717) is 25.8 Å². The van der Waals surface area contributed by atoms with Gasteiger partial charge in [-0.2, -0.15) is 0 Å². The fourth-order valence-electron chi connectivity index (χ4n) is 7.29. The minimum Gasteiger partial charge on any atom is -0.481 e. The summed E-state index contributed by atoms with van der Waals surface area (Å²) in [5.74, 6) is -3.57. The van der Waals surface area contributed by atoms with Crippen molar-refractivity contribution in [1.29, 1.82) is 0 Å². The molecular weight excluding hydrogens is 460 g/mol. The average molecular weight is 497 g/mol. The highest BCUT2D eigenvalue weighted by Gasteiger charge is 2.75. The molecule has 0 aromatic heterocycles. The van der Waals surface area contributed by atoms with Crippen molar-refractivity contribution in [1.82, 2.24) is 9.80 Å². The quantitative estimate of drug-likeness (QED) is 0.509. The van der Waals surface area contributed by atoms with Crippen LogP contribution < -0.4 is 0 Å². The van der Waals surface area contributed by atoms with E-state index in [1.165, 1.54) is 4.90 Å². The molecule has 4 fully saturated rings. The van der Waals surface area contributed by atoms with Crippen molar-refractivity contribution in [3.05, 3.63) is 48.6 Å². The second-order valence-electron chi connectivity index (χ2n) is 10.7. The first-order valence-corrected chi connectivity index (χ1v) is 13.2. The molecule has 2 bridgehead atoms. The molecule has 3 heterocycles. The third-order valence-corrected chi connectivity index (χ3v) is 8.80. The number of hydrogen-bond donors (Lipinski definition) is 2. The lowest BCUT2D eigenvalue weighted by atomic mass is 9.70. The normalized spacial score (nSPS) is 32.4. The van der Waals surface area contributed by atoms with Gasteiger partial charge in [0, 0.05) is 12.6 Å². The zero-order valence-corrected chi connectivity index (χ0v) is 20.6. The molecule has 1 spiro atoms. The van der Waals surface area contributed by atoms with E-state index in [0.717, 1.165) is 37.7 Å². The van der Waals surface area contributed by atoms with Gasteiger partial charge in [0.05, 0.1) is 30.6 Å². The number of ether oxygens (including phenoxy) is 1. The molecule has 8 heteroatoms. The minimum atomic E-state index is -1.18. The largest absolute Gasteiger partial charge is 0.481 e. The van der Waals surface area contributed by atoms with Crippen LogP contribution in [0.15, 0.2) is 43.0 Å². The van der Waals surface area contributed by atoms with Gasteiger partial charge in [0.1, 0.15) is 11.6 Å². The topological polar surface area (TPSA) is 107 Å². The number of rotatable bonds is 9. The Morgan fingerprint density at radius 3 is 2.56 bits per heavy atom. The number of nitrogens with zero attached hydrogens (tertiary/aromatic N) is 2. The van der Waals surface area contributed by atoms with Gasteiger partial charge >= 0.3 is 5.97 Å². The van der Waals surface area contributed by atoms with Crippen molar-refractivity contribution in [2.45, 2.75) is 81.2 Å². The lowest BCUT2D eigenvalue weighted by Crippen LogP contribution is -2.60. The van der Waals surface area contributed by atoms with Crippen LogP contribution in [0.2, 0.25) is 0 Å². The summed E-state index contributed by atoms with van der Waals surface area (Å²) in [5, 5.41) is 20.5. The van der Waals surface area contributed by atoms with E-state index in [9.17, 15) is 24.6 Å². The van der Waals surface area contributed by atoms with Crippen LogP contribution in [0.5, 0.6) is 0 Å². The molecule has 6 atom stereocenters. The number of carbonyl (C=O) groups excluding carboxylic acids is 2. The predicted octanol–water partition coefficient (Wildman–Crippen LogP) is 2.40. The monoisotopic (exact) mass is 496 g/mol. The first-order valence-electron chi connectivity index (χ1n) is 13.2. The molecule has 3 saturated heterocycles. The van der Waals surface area contributed by atoms with E-state index in [1.807, 2.05) is 35.2 Å². The number of aliphatic carboxylic acids is 1. The van der Waals surface area contributed by atoms with Crippen LogP contribution in [-0.2, 0) is 25.5 Å². The molecule has 1 saturated carbocycles. The Kier molecular flexibility index (Phi) is 6.92. The van der Waals surface area contributed by atoms with Gasteiger partial charge in [-0.1, -0.05) is 55.7 Å². The summed E-state index contributed by atoms with van der Waals surface area (Å²) in [5.41, 5.74) is -0.250. The summed E-state index contributed by atoms with van der Waals surface area (Å²) in [6, 6.07) is 7.95. The number of benzene rings is 1. The van der Waals surface area contributed by atoms with Gasteiger partial charge in [0.2, 0.25) is 11.8 Å². The highest BCUT2D eigenvalue weighted by molar-refractivity contribution is 5.98. The van der Waals surface area contributed by atoms with Crippen LogP contribution in [0.1, 0.15) is 50.5 Å². The number of carboxylic acid groups (broad SMARTS) is 1. The van der Waals surface area contributed by atoms with E-state index in [4.69, 9.17) is 4.74 Å². The maximum absolute atomic E-state index is 14.4. The van der Waals surface area contributed by atoms with Crippen LogP contribution in [0.4, 0.5) is 0 Å². The molecule has 1 aromatic rings. The van der Waals surface area contributed by atoms with Crippen molar-refractivity contribution < 1.29 is 29.3 Å². The molecule has 36 heavy (non-hydrogen) atoms. The summed E-state index contributed by atoms with van der Waals surface area (Å²) < 4.78 is 6.35. The summed E-state index contributed by atoms with van der Waals surface area (Å²) >= 11 is 0. The lowest BCUT2D eigenvalue weighted by Gasteiger charge is -2.42. The SMILES string of the molecule is C=CCN(C(=O)[C@H]1N([C@@H](CO)Cc2ccccc2)C(=O)[C@@H]2[C@@H](C(=O)O)[C@H]3CC[C@]21O3)C1CCCCC1. The van der Waals surface area contributed by atoms with Crippen LogP contribution in [0.25, 0.3) is 0 Å². The number of aliphatic hydroxyl groups excluding tert-OH is 1. The summed E-state index contributed by atoms with van der Waals surface area (Å²) in [7, 11) is 0. The third kappa shape index (κ3) is 3.95. The summed E-state index contributed by atoms with van der Waals surface area (Å²) in [4.78, 5) is 44.1. The Balaban J connectivity index is 1.56. The summed E-state index contributed by atoms with van der Waals surface area (Å²) in [6.45, 7) is 3.89. The van der Waals surface area contributed by atoms with Crippen molar-refractivity contribution >= 4 is 17.8 Å². The molecule has 5 rings (SSSR count). The van der Waals surface area contributed by atoms with Gasteiger partial charge < -0.3 is 24.7 Å². The molecule has 1 aliphatic carbocycles. The third-order valence-electron chi connectivity index (χ3n) is 8.80. The average Bonchev–Trinajstić information content (AvgIpc) is 3.54. The zero-order valence-electron chi connectivity index (χ0n) is 20.6. The number of hydrogen-bond acceptors (Lipinski definition) is 5. The van der Waals surface area contributed by atoms with E-state index in [-0.39, 0.29) is 24.5 Å². The number of fused-ring (bicyclic) bond motifs is 1. The van der Waals surface area contributed by atoms with E-state index >= 15 is 0 Å². The second-order valence-corrected chi connectivity index (χ2v) is 10.7. The predicted molar refractivity (Wildman–Crippen MR) is 132 cm³/mol. The van der Waals surface area contributed by atoms with Gasteiger partial charge in [-0.25, -0.2) is 0 Å². The molecule has 0 unspecified atom stereocenters. The van der Waals surface area contributed by atoms with Crippen LogP contribution in [-0.4, -0.2) is 80.8 Å². The molecule has 194 valence electrons. The highest BCUT2D eigenvalue weighted by atomic mass is 16.5. The fourth-order valence-corrected chi connectivity index (χ4v) is 7.29. The van der Waals surface area contributed by atoms with Crippen LogP contribution >= 0.6 is 0 Å². The second kappa shape index (κ2) is 9.98. The molecule has 0 radical (unpaired) electrons. The molecule has 4 aliphatic rings. The Bertz CT molecular complexity index is 1010. The van der Waals surface area contributed by atoms with Gasteiger partial charge in [-0.05, 0) is 37.7 Å². The Morgan fingerprint density at radius 2 is 1.92 bits per heavy atom. The first-order chi connectivity index (χ1) is 17.4. The van der Waals surface area contributed by atoms with Crippen molar-refractivity contribution in [2.75, 3.05) is 13.2 Å². The molecule has 8 nitrogen and oxygen atoms in total. The van der Waals surface area contributed by atoms with E-state index in [2.05, 4.69) is 6.58 Å². The number of aliphatic hydroxyl groups is 1. The minimum absolute atomic E-state index is 0.0484. The van der Waals surface area contributed by atoms with Gasteiger partial charge in [-0.15, -0.1) is 6.58 Å². The maximum Gasteiger partial charge on any atom is 0.310 e.